The number of sulfone groups is 1. The van der Waals surface area contributed by atoms with Gasteiger partial charge in [-0.15, -0.1) is 0 Å². The summed E-state index contributed by atoms with van der Waals surface area (Å²) in [5.74, 6) is -0.642. The summed E-state index contributed by atoms with van der Waals surface area (Å²) in [5.41, 5.74) is 0.405. The van der Waals surface area contributed by atoms with E-state index in [4.69, 9.17) is 0 Å². The number of amides is 1. The molecule has 1 N–H and O–H groups in total. The van der Waals surface area contributed by atoms with Crippen molar-refractivity contribution in [3.05, 3.63) is 42.8 Å². The van der Waals surface area contributed by atoms with E-state index in [0.717, 1.165) is 0 Å². The zero-order chi connectivity index (χ0) is 13.7. The maximum absolute atomic E-state index is 11.9. The van der Waals surface area contributed by atoms with E-state index in [1.807, 2.05) is 0 Å². The number of benzene rings is 1. The lowest BCUT2D eigenvalue weighted by Crippen LogP contribution is -2.17. The molecule has 0 aliphatic carbocycles. The molecule has 0 radical (unpaired) electrons. The Labute approximate surface area is 110 Å². The summed E-state index contributed by atoms with van der Waals surface area (Å²) in [4.78, 5) is 11.8. The van der Waals surface area contributed by atoms with Crippen LogP contribution in [-0.2, 0) is 14.6 Å². The number of hydrogen-bond acceptors (Lipinski definition) is 5. The first-order valence-electron chi connectivity index (χ1n) is 5.55. The van der Waals surface area contributed by atoms with E-state index >= 15 is 0 Å². The molecule has 7 heteroatoms. The monoisotopic (exact) mass is 280 g/mol. The van der Waals surface area contributed by atoms with E-state index in [0.29, 0.717) is 5.69 Å². The van der Waals surface area contributed by atoms with Gasteiger partial charge in [-0.1, -0.05) is 23.4 Å². The van der Waals surface area contributed by atoms with E-state index in [1.165, 1.54) is 24.6 Å². The summed E-state index contributed by atoms with van der Waals surface area (Å²) in [6, 6.07) is 8.03. The van der Waals surface area contributed by atoms with E-state index in [9.17, 15) is 13.2 Å². The fourth-order valence-corrected chi connectivity index (χ4v) is 2.72. The first-order valence-corrected chi connectivity index (χ1v) is 7.20. The van der Waals surface area contributed by atoms with Crippen molar-refractivity contribution in [2.24, 2.45) is 0 Å². The summed E-state index contributed by atoms with van der Waals surface area (Å²) in [7, 11) is -3.43. The third-order valence-electron chi connectivity index (χ3n) is 2.42. The molecular weight excluding hydrogens is 268 g/mol. The number of nitrogens with one attached hydrogen (secondary N) is 1. The van der Waals surface area contributed by atoms with Crippen molar-refractivity contribution in [1.82, 2.24) is 5.16 Å². The van der Waals surface area contributed by atoms with E-state index < -0.39 is 15.7 Å². The molecule has 0 unspecified atom stereocenters. The molecule has 1 heterocycles. The minimum atomic E-state index is -3.43. The van der Waals surface area contributed by atoms with Crippen LogP contribution in [0.25, 0.3) is 0 Å². The molecule has 0 aliphatic heterocycles. The average molecular weight is 280 g/mol. The highest BCUT2D eigenvalue weighted by Gasteiger charge is 2.16. The van der Waals surface area contributed by atoms with E-state index in [1.54, 1.807) is 18.2 Å². The normalized spacial score (nSPS) is 11.2. The van der Waals surface area contributed by atoms with Gasteiger partial charge in [0.15, 0.2) is 9.84 Å². The van der Waals surface area contributed by atoms with Crippen LogP contribution in [0.5, 0.6) is 0 Å². The zero-order valence-electron chi connectivity index (χ0n) is 9.94. The van der Waals surface area contributed by atoms with Gasteiger partial charge in [0.05, 0.1) is 16.8 Å². The number of carbonyl (C=O) groups is 1. The zero-order valence-corrected chi connectivity index (χ0v) is 10.8. The maximum Gasteiger partial charge on any atom is 0.225 e. The minimum absolute atomic E-state index is 0.123. The molecule has 0 saturated carbocycles. The third kappa shape index (κ3) is 3.65. The van der Waals surface area contributed by atoms with Gasteiger partial charge in [-0.25, -0.2) is 8.42 Å². The molecule has 0 fully saturated rings. The Morgan fingerprint density at radius 1 is 1.26 bits per heavy atom. The fourth-order valence-electron chi connectivity index (χ4n) is 1.46. The SMILES string of the molecule is O=C(CCS(=O)(=O)c1ccccc1)Nc1cnoc1. The van der Waals surface area contributed by atoms with Crippen LogP contribution in [0.1, 0.15) is 6.42 Å². The highest BCUT2D eigenvalue weighted by molar-refractivity contribution is 7.91. The van der Waals surface area contributed by atoms with Gasteiger partial charge in [-0.3, -0.25) is 4.79 Å². The summed E-state index contributed by atoms with van der Waals surface area (Å²) >= 11 is 0. The fraction of sp³-hybridized carbons (Fsp3) is 0.167. The highest BCUT2D eigenvalue weighted by atomic mass is 32.2. The van der Waals surface area contributed by atoms with Crippen molar-refractivity contribution in [3.63, 3.8) is 0 Å². The van der Waals surface area contributed by atoms with E-state index in [2.05, 4.69) is 15.0 Å². The average Bonchev–Trinajstić information content (AvgIpc) is 2.90. The second kappa shape index (κ2) is 5.66. The van der Waals surface area contributed by atoms with Gasteiger partial charge in [-0.2, -0.15) is 0 Å². The van der Waals surface area contributed by atoms with Crippen molar-refractivity contribution in [3.8, 4) is 0 Å². The molecule has 2 rings (SSSR count). The van der Waals surface area contributed by atoms with Crippen LogP contribution in [-0.4, -0.2) is 25.2 Å². The Bertz CT molecular complexity index is 636. The van der Waals surface area contributed by atoms with Crippen LogP contribution >= 0.6 is 0 Å². The third-order valence-corrected chi connectivity index (χ3v) is 4.15. The van der Waals surface area contributed by atoms with Crippen LogP contribution in [0.4, 0.5) is 5.69 Å². The molecular formula is C12H12N2O4S. The Balaban J connectivity index is 1.93. The molecule has 0 atom stereocenters. The molecule has 0 bridgehead atoms. The van der Waals surface area contributed by atoms with Crippen molar-refractivity contribution in [2.75, 3.05) is 11.1 Å². The molecule has 0 spiro atoms. The first-order chi connectivity index (χ1) is 9.08. The van der Waals surface area contributed by atoms with Crippen LogP contribution in [0, 0.1) is 0 Å². The molecule has 1 amide bonds. The Morgan fingerprint density at radius 2 is 2.00 bits per heavy atom. The van der Waals surface area contributed by atoms with Gasteiger partial charge < -0.3 is 9.84 Å². The van der Waals surface area contributed by atoms with Gasteiger partial charge in [0.25, 0.3) is 0 Å². The number of carbonyl (C=O) groups excluding carboxylic acids is 1. The Hall–Kier alpha value is -2.15. The number of aromatic nitrogens is 1. The van der Waals surface area contributed by atoms with Crippen molar-refractivity contribution in [1.29, 1.82) is 0 Å². The molecule has 6 nitrogen and oxygen atoms in total. The van der Waals surface area contributed by atoms with Gasteiger partial charge in [0, 0.05) is 6.42 Å². The molecule has 19 heavy (non-hydrogen) atoms. The number of rotatable bonds is 5. The molecule has 0 saturated heterocycles. The molecule has 100 valence electrons. The first kappa shape index (κ1) is 13.3. The lowest BCUT2D eigenvalue weighted by molar-refractivity contribution is -0.115. The molecule has 1 aromatic carbocycles. The van der Waals surface area contributed by atoms with Gasteiger partial charge in [-0.05, 0) is 12.1 Å². The number of hydrogen-bond donors (Lipinski definition) is 1. The lowest BCUT2D eigenvalue weighted by Gasteiger charge is -2.04. The molecule has 1 aromatic heterocycles. The van der Waals surface area contributed by atoms with Crippen LogP contribution < -0.4 is 5.32 Å². The minimum Gasteiger partial charge on any atom is -0.363 e. The summed E-state index contributed by atoms with van der Waals surface area (Å²) in [6.45, 7) is 0. The summed E-state index contributed by atoms with van der Waals surface area (Å²) < 4.78 is 28.4. The second-order valence-corrected chi connectivity index (χ2v) is 5.95. The van der Waals surface area contributed by atoms with Gasteiger partial charge in [0.1, 0.15) is 12.0 Å². The molecule has 2 aromatic rings. The standard InChI is InChI=1S/C12H12N2O4S/c15-12(14-10-8-13-18-9-10)6-7-19(16,17)11-4-2-1-3-5-11/h1-5,8-9H,6-7H2,(H,14,15). The predicted molar refractivity (Wildman–Crippen MR) is 68.2 cm³/mol. The topological polar surface area (TPSA) is 89.3 Å². The smallest absolute Gasteiger partial charge is 0.225 e. The number of anilines is 1. The van der Waals surface area contributed by atoms with Crippen LogP contribution in [0.15, 0.2) is 52.2 Å². The van der Waals surface area contributed by atoms with Crippen LogP contribution in [0.2, 0.25) is 0 Å². The highest BCUT2D eigenvalue weighted by Crippen LogP contribution is 2.12. The van der Waals surface area contributed by atoms with Gasteiger partial charge in [0.2, 0.25) is 5.91 Å². The Morgan fingerprint density at radius 3 is 2.63 bits per heavy atom. The Kier molecular flexibility index (Phi) is 3.96. The molecule has 0 aliphatic rings. The van der Waals surface area contributed by atoms with Crippen LogP contribution in [0.3, 0.4) is 0 Å². The van der Waals surface area contributed by atoms with Gasteiger partial charge >= 0.3 is 0 Å². The summed E-state index contributed by atoms with van der Waals surface area (Å²) in [6.07, 6.45) is 2.48. The lowest BCUT2D eigenvalue weighted by atomic mass is 10.4. The largest absolute Gasteiger partial charge is 0.363 e. The van der Waals surface area contributed by atoms with E-state index in [-0.39, 0.29) is 17.1 Å². The number of nitrogens with zero attached hydrogens (tertiary/aromatic N) is 1. The summed E-state index contributed by atoms with van der Waals surface area (Å²) in [5, 5.41) is 5.91. The van der Waals surface area contributed by atoms with Crippen molar-refractivity contribution >= 4 is 21.4 Å². The van der Waals surface area contributed by atoms with Crippen molar-refractivity contribution in [2.45, 2.75) is 11.3 Å². The second-order valence-electron chi connectivity index (χ2n) is 3.84. The quantitative estimate of drug-likeness (QED) is 0.896. The van der Waals surface area contributed by atoms with Crippen molar-refractivity contribution < 1.29 is 17.7 Å². The maximum atomic E-state index is 11.9. The predicted octanol–water partition coefficient (Wildman–Crippen LogP) is 1.48.